The van der Waals surface area contributed by atoms with Crippen molar-refractivity contribution in [2.24, 2.45) is 5.92 Å². The third kappa shape index (κ3) is 5.90. The first-order chi connectivity index (χ1) is 12.2. The molecule has 0 N–H and O–H groups in total. The highest BCUT2D eigenvalue weighted by Gasteiger charge is 2.23. The SMILES string of the molecule is COCCOCC1CCN(C(=O)Cc2ccc(OC)c(OC)c2)CC1. The Morgan fingerprint density at radius 2 is 1.80 bits per heavy atom. The number of nitrogens with zero attached hydrogens (tertiary/aromatic N) is 1. The second-order valence-electron chi connectivity index (χ2n) is 6.26. The van der Waals surface area contributed by atoms with Gasteiger partial charge in [0.2, 0.25) is 5.91 Å². The van der Waals surface area contributed by atoms with E-state index in [2.05, 4.69) is 0 Å². The van der Waals surface area contributed by atoms with Gasteiger partial charge in [0.15, 0.2) is 11.5 Å². The van der Waals surface area contributed by atoms with Gasteiger partial charge in [-0.15, -0.1) is 0 Å². The topological polar surface area (TPSA) is 57.2 Å². The Labute approximate surface area is 150 Å². The molecule has 140 valence electrons. The fraction of sp³-hybridized carbons (Fsp3) is 0.632. The molecule has 2 rings (SSSR count). The number of rotatable bonds is 9. The van der Waals surface area contributed by atoms with E-state index >= 15 is 0 Å². The Balaban J connectivity index is 1.79. The Kier molecular flexibility index (Phi) is 8.01. The molecule has 0 atom stereocenters. The summed E-state index contributed by atoms with van der Waals surface area (Å²) in [6, 6.07) is 5.62. The smallest absolute Gasteiger partial charge is 0.226 e. The maximum Gasteiger partial charge on any atom is 0.226 e. The lowest BCUT2D eigenvalue weighted by molar-refractivity contribution is -0.132. The second-order valence-corrected chi connectivity index (χ2v) is 6.26. The molecule has 0 radical (unpaired) electrons. The van der Waals surface area contributed by atoms with Gasteiger partial charge in [-0.3, -0.25) is 4.79 Å². The first kappa shape index (κ1) is 19.5. The number of methoxy groups -OCH3 is 3. The van der Waals surface area contributed by atoms with Crippen molar-refractivity contribution < 1.29 is 23.7 Å². The van der Waals surface area contributed by atoms with Gasteiger partial charge in [-0.2, -0.15) is 0 Å². The van der Waals surface area contributed by atoms with Crippen molar-refractivity contribution in [3.63, 3.8) is 0 Å². The summed E-state index contributed by atoms with van der Waals surface area (Å²) in [6.07, 6.45) is 2.37. The summed E-state index contributed by atoms with van der Waals surface area (Å²) >= 11 is 0. The Hall–Kier alpha value is -1.79. The van der Waals surface area contributed by atoms with Crippen molar-refractivity contribution >= 4 is 5.91 Å². The van der Waals surface area contributed by atoms with E-state index < -0.39 is 0 Å². The molecule has 0 unspecified atom stereocenters. The maximum atomic E-state index is 12.5. The largest absolute Gasteiger partial charge is 0.493 e. The number of piperidine rings is 1. The molecule has 1 aliphatic heterocycles. The van der Waals surface area contributed by atoms with Crippen LogP contribution in [0.4, 0.5) is 0 Å². The standard InChI is InChI=1S/C19H29NO5/c1-22-10-11-25-14-15-6-8-20(9-7-15)19(21)13-16-4-5-17(23-2)18(12-16)24-3/h4-5,12,15H,6-11,13-14H2,1-3H3. The molecule has 0 bridgehead atoms. The number of carbonyl (C=O) groups excluding carboxylic acids is 1. The molecule has 1 fully saturated rings. The van der Waals surface area contributed by atoms with Gasteiger partial charge >= 0.3 is 0 Å². The van der Waals surface area contributed by atoms with Crippen LogP contribution in [-0.2, 0) is 20.7 Å². The van der Waals surface area contributed by atoms with Gasteiger partial charge in [0, 0.05) is 26.8 Å². The minimum absolute atomic E-state index is 0.158. The highest BCUT2D eigenvalue weighted by atomic mass is 16.5. The summed E-state index contributed by atoms with van der Waals surface area (Å²) in [5, 5.41) is 0. The lowest BCUT2D eigenvalue weighted by Gasteiger charge is -2.32. The van der Waals surface area contributed by atoms with E-state index in [1.165, 1.54) is 0 Å². The first-order valence-electron chi connectivity index (χ1n) is 8.73. The average molecular weight is 351 g/mol. The van der Waals surface area contributed by atoms with E-state index in [4.69, 9.17) is 18.9 Å². The van der Waals surface area contributed by atoms with Crippen molar-refractivity contribution in [1.82, 2.24) is 4.90 Å². The molecule has 25 heavy (non-hydrogen) atoms. The second kappa shape index (κ2) is 10.3. The number of amides is 1. The lowest BCUT2D eigenvalue weighted by atomic mass is 9.97. The van der Waals surface area contributed by atoms with E-state index in [1.807, 2.05) is 23.1 Å². The van der Waals surface area contributed by atoms with Crippen molar-refractivity contribution in [1.29, 1.82) is 0 Å². The maximum absolute atomic E-state index is 12.5. The van der Waals surface area contributed by atoms with Gasteiger partial charge in [-0.05, 0) is 36.5 Å². The number of hydrogen-bond acceptors (Lipinski definition) is 5. The Morgan fingerprint density at radius 3 is 2.44 bits per heavy atom. The van der Waals surface area contributed by atoms with Crippen LogP contribution in [0, 0.1) is 5.92 Å². The molecule has 6 heteroatoms. The van der Waals surface area contributed by atoms with E-state index in [-0.39, 0.29) is 5.91 Å². The van der Waals surface area contributed by atoms with Crippen LogP contribution in [-0.4, -0.2) is 65.0 Å². The third-order valence-corrected chi connectivity index (χ3v) is 4.56. The van der Waals surface area contributed by atoms with E-state index in [0.717, 1.165) is 38.1 Å². The zero-order valence-electron chi connectivity index (χ0n) is 15.5. The normalized spacial score (nSPS) is 15.2. The van der Waals surface area contributed by atoms with Crippen LogP contribution in [0.25, 0.3) is 0 Å². The highest BCUT2D eigenvalue weighted by Crippen LogP contribution is 2.28. The predicted octanol–water partition coefficient (Wildman–Crippen LogP) is 2.15. The highest BCUT2D eigenvalue weighted by molar-refractivity contribution is 5.79. The van der Waals surface area contributed by atoms with Gasteiger partial charge < -0.3 is 23.8 Å². The van der Waals surface area contributed by atoms with Crippen LogP contribution in [0.15, 0.2) is 18.2 Å². The molecule has 1 heterocycles. The fourth-order valence-electron chi connectivity index (χ4n) is 3.02. The Morgan fingerprint density at radius 1 is 1.08 bits per heavy atom. The van der Waals surface area contributed by atoms with Crippen molar-refractivity contribution in [2.45, 2.75) is 19.3 Å². The molecule has 1 amide bonds. The summed E-state index contributed by atoms with van der Waals surface area (Å²) in [4.78, 5) is 14.5. The first-order valence-corrected chi connectivity index (χ1v) is 8.73. The minimum Gasteiger partial charge on any atom is -0.493 e. The number of likely N-dealkylation sites (tertiary alicyclic amines) is 1. The van der Waals surface area contributed by atoms with Crippen LogP contribution < -0.4 is 9.47 Å². The molecule has 1 aromatic rings. The van der Waals surface area contributed by atoms with Gasteiger partial charge in [0.05, 0.1) is 33.9 Å². The van der Waals surface area contributed by atoms with Crippen LogP contribution in [0.3, 0.4) is 0 Å². The molecule has 1 saturated heterocycles. The van der Waals surface area contributed by atoms with Crippen LogP contribution in [0.5, 0.6) is 11.5 Å². The molecule has 0 spiro atoms. The number of carbonyl (C=O) groups is 1. The average Bonchev–Trinajstić information content (AvgIpc) is 2.65. The molecule has 0 saturated carbocycles. The van der Waals surface area contributed by atoms with Crippen LogP contribution in [0.1, 0.15) is 18.4 Å². The fourth-order valence-corrected chi connectivity index (χ4v) is 3.02. The number of benzene rings is 1. The molecular formula is C19H29NO5. The van der Waals surface area contributed by atoms with Crippen molar-refractivity contribution in [2.75, 3.05) is 54.2 Å². The van der Waals surface area contributed by atoms with Gasteiger partial charge in [0.25, 0.3) is 0 Å². The molecule has 0 aliphatic carbocycles. The molecule has 1 aliphatic rings. The van der Waals surface area contributed by atoms with E-state index in [9.17, 15) is 4.79 Å². The summed E-state index contributed by atoms with van der Waals surface area (Å²) in [5.41, 5.74) is 0.938. The van der Waals surface area contributed by atoms with Crippen LogP contribution in [0.2, 0.25) is 0 Å². The lowest BCUT2D eigenvalue weighted by Crippen LogP contribution is -2.40. The Bertz CT molecular complexity index is 541. The zero-order valence-corrected chi connectivity index (χ0v) is 15.5. The van der Waals surface area contributed by atoms with E-state index in [0.29, 0.717) is 37.1 Å². The van der Waals surface area contributed by atoms with Crippen LogP contribution >= 0.6 is 0 Å². The van der Waals surface area contributed by atoms with Gasteiger partial charge in [-0.25, -0.2) is 0 Å². The molecule has 0 aromatic heterocycles. The van der Waals surface area contributed by atoms with E-state index in [1.54, 1.807) is 21.3 Å². The van der Waals surface area contributed by atoms with Gasteiger partial charge in [0.1, 0.15) is 0 Å². The summed E-state index contributed by atoms with van der Waals surface area (Å²) in [7, 11) is 4.88. The molecule has 1 aromatic carbocycles. The molecular weight excluding hydrogens is 322 g/mol. The summed E-state index contributed by atoms with van der Waals surface area (Å²) in [5.74, 6) is 2.01. The van der Waals surface area contributed by atoms with Gasteiger partial charge in [-0.1, -0.05) is 6.07 Å². The predicted molar refractivity (Wildman–Crippen MR) is 95.2 cm³/mol. The monoisotopic (exact) mass is 351 g/mol. The third-order valence-electron chi connectivity index (χ3n) is 4.56. The summed E-state index contributed by atoms with van der Waals surface area (Å²) < 4.78 is 21.1. The minimum atomic E-state index is 0.158. The number of hydrogen-bond donors (Lipinski definition) is 0. The quantitative estimate of drug-likeness (QED) is 0.638. The van der Waals surface area contributed by atoms with Crippen molar-refractivity contribution in [3.8, 4) is 11.5 Å². The number of ether oxygens (including phenoxy) is 4. The van der Waals surface area contributed by atoms with Crippen molar-refractivity contribution in [3.05, 3.63) is 23.8 Å². The molecule has 6 nitrogen and oxygen atoms in total. The summed E-state index contributed by atoms with van der Waals surface area (Å²) in [6.45, 7) is 3.60. The zero-order chi connectivity index (χ0) is 18.1.